The van der Waals surface area contributed by atoms with Gasteiger partial charge >= 0.3 is 5.69 Å². The lowest BCUT2D eigenvalue weighted by molar-refractivity contribution is 0.475. The number of phenolic OH excluding ortho intramolecular Hbond substituents is 1. The van der Waals surface area contributed by atoms with Gasteiger partial charge in [-0.1, -0.05) is 18.2 Å². The first kappa shape index (κ1) is 12.2. The molecule has 0 saturated carbocycles. The first-order valence-corrected chi connectivity index (χ1v) is 6.12. The second kappa shape index (κ2) is 4.38. The van der Waals surface area contributed by atoms with Crippen molar-refractivity contribution in [3.63, 3.8) is 0 Å². The Morgan fingerprint density at radius 3 is 2.60 bits per heavy atom. The van der Waals surface area contributed by atoms with Gasteiger partial charge in [-0.2, -0.15) is 0 Å². The maximum absolute atomic E-state index is 12.5. The first-order valence-electron chi connectivity index (χ1n) is 6.12. The van der Waals surface area contributed by atoms with E-state index >= 15 is 0 Å². The van der Waals surface area contributed by atoms with E-state index in [0.29, 0.717) is 16.6 Å². The van der Waals surface area contributed by atoms with Crippen LogP contribution in [0.15, 0.2) is 52.1 Å². The van der Waals surface area contributed by atoms with E-state index in [1.807, 2.05) is 13.0 Å². The topological polar surface area (TPSA) is 75.1 Å². The highest BCUT2D eigenvalue weighted by Gasteiger charge is 2.11. The molecule has 0 aliphatic heterocycles. The molecule has 3 rings (SSSR count). The SMILES string of the molecule is Cc1cccc2[nH]c(=O)n(-c3cccc(O)c3)c(=O)c12. The summed E-state index contributed by atoms with van der Waals surface area (Å²) < 4.78 is 1.02. The average molecular weight is 268 g/mol. The van der Waals surface area contributed by atoms with Crippen LogP contribution in [0.3, 0.4) is 0 Å². The van der Waals surface area contributed by atoms with Crippen LogP contribution in [0, 0.1) is 6.92 Å². The predicted molar refractivity (Wildman–Crippen MR) is 76.6 cm³/mol. The molecule has 1 heterocycles. The molecule has 0 aliphatic rings. The standard InChI is InChI=1S/C15H12N2O3/c1-9-4-2-7-12-13(9)14(19)17(15(20)16-12)10-5-3-6-11(18)8-10/h2-8,18H,1H3,(H,16,20). The van der Waals surface area contributed by atoms with Gasteiger partial charge in [0.05, 0.1) is 16.6 Å². The van der Waals surface area contributed by atoms with E-state index < -0.39 is 11.2 Å². The molecule has 5 heteroatoms. The zero-order valence-corrected chi connectivity index (χ0v) is 10.8. The fourth-order valence-electron chi connectivity index (χ4n) is 2.30. The van der Waals surface area contributed by atoms with Crippen molar-refractivity contribution in [1.82, 2.24) is 9.55 Å². The Hall–Kier alpha value is -2.82. The van der Waals surface area contributed by atoms with Gasteiger partial charge in [0.15, 0.2) is 0 Å². The van der Waals surface area contributed by atoms with Crippen LogP contribution in [-0.4, -0.2) is 14.7 Å². The molecule has 1 aromatic heterocycles. The quantitative estimate of drug-likeness (QED) is 0.705. The summed E-state index contributed by atoms with van der Waals surface area (Å²) in [5.41, 5.74) is 0.710. The molecule has 0 bridgehead atoms. The van der Waals surface area contributed by atoms with Crippen molar-refractivity contribution < 1.29 is 5.11 Å². The van der Waals surface area contributed by atoms with E-state index in [9.17, 15) is 14.7 Å². The van der Waals surface area contributed by atoms with Crippen molar-refractivity contribution in [2.45, 2.75) is 6.92 Å². The third kappa shape index (κ3) is 1.80. The molecule has 0 unspecified atom stereocenters. The fourth-order valence-corrected chi connectivity index (χ4v) is 2.30. The van der Waals surface area contributed by atoms with Crippen LogP contribution in [0.25, 0.3) is 16.6 Å². The number of aromatic hydroxyl groups is 1. The lowest BCUT2D eigenvalue weighted by atomic mass is 10.1. The molecule has 0 radical (unpaired) electrons. The molecular formula is C15H12N2O3. The van der Waals surface area contributed by atoms with Gasteiger partial charge in [-0.15, -0.1) is 0 Å². The first-order chi connectivity index (χ1) is 9.58. The maximum atomic E-state index is 12.5. The summed E-state index contributed by atoms with van der Waals surface area (Å²) in [5.74, 6) is -0.00122. The minimum absolute atomic E-state index is 0.00122. The Morgan fingerprint density at radius 2 is 1.85 bits per heavy atom. The summed E-state index contributed by atoms with van der Waals surface area (Å²) in [6, 6.07) is 11.3. The molecule has 0 fully saturated rings. The average Bonchev–Trinajstić information content (AvgIpc) is 2.38. The van der Waals surface area contributed by atoms with Crippen LogP contribution in [0.2, 0.25) is 0 Å². The normalized spacial score (nSPS) is 10.8. The van der Waals surface area contributed by atoms with Crippen LogP contribution in [0.5, 0.6) is 5.75 Å². The summed E-state index contributed by atoms with van der Waals surface area (Å²) in [6.07, 6.45) is 0. The summed E-state index contributed by atoms with van der Waals surface area (Å²) in [7, 11) is 0. The molecule has 100 valence electrons. The van der Waals surface area contributed by atoms with Crippen molar-refractivity contribution in [3.05, 3.63) is 68.9 Å². The minimum atomic E-state index is -0.529. The van der Waals surface area contributed by atoms with E-state index in [0.717, 1.165) is 10.1 Å². The van der Waals surface area contributed by atoms with Gasteiger partial charge < -0.3 is 10.1 Å². The predicted octanol–water partition coefficient (Wildman–Crippen LogP) is 1.69. The molecule has 2 aromatic carbocycles. The summed E-state index contributed by atoms with van der Waals surface area (Å²) in [4.78, 5) is 27.3. The third-order valence-corrected chi connectivity index (χ3v) is 3.22. The number of nitrogens with one attached hydrogen (secondary N) is 1. The largest absolute Gasteiger partial charge is 0.508 e. The molecule has 0 amide bonds. The molecule has 0 spiro atoms. The highest BCUT2D eigenvalue weighted by atomic mass is 16.3. The summed E-state index contributed by atoms with van der Waals surface area (Å²) in [5, 5.41) is 9.96. The molecule has 0 atom stereocenters. The van der Waals surface area contributed by atoms with Gasteiger partial charge in [-0.25, -0.2) is 9.36 Å². The number of aromatic amines is 1. The Kier molecular flexibility index (Phi) is 2.68. The zero-order chi connectivity index (χ0) is 14.3. The van der Waals surface area contributed by atoms with Crippen LogP contribution in [0.1, 0.15) is 5.56 Å². The highest BCUT2D eigenvalue weighted by molar-refractivity contribution is 5.81. The number of rotatable bonds is 1. The van der Waals surface area contributed by atoms with Crippen molar-refractivity contribution in [3.8, 4) is 11.4 Å². The Bertz CT molecular complexity index is 922. The van der Waals surface area contributed by atoms with E-state index in [-0.39, 0.29) is 5.75 Å². The smallest absolute Gasteiger partial charge is 0.333 e. The van der Waals surface area contributed by atoms with E-state index in [2.05, 4.69) is 4.98 Å². The van der Waals surface area contributed by atoms with E-state index in [4.69, 9.17) is 0 Å². The summed E-state index contributed by atoms with van der Waals surface area (Å²) >= 11 is 0. The van der Waals surface area contributed by atoms with Gasteiger partial charge in [0, 0.05) is 6.07 Å². The highest BCUT2D eigenvalue weighted by Crippen LogP contribution is 2.14. The van der Waals surface area contributed by atoms with Gasteiger partial charge in [-0.05, 0) is 30.7 Å². The van der Waals surface area contributed by atoms with Crippen LogP contribution in [0.4, 0.5) is 0 Å². The van der Waals surface area contributed by atoms with E-state index in [1.165, 1.54) is 12.1 Å². The molecule has 2 N–H and O–H groups in total. The van der Waals surface area contributed by atoms with Crippen molar-refractivity contribution in [2.75, 3.05) is 0 Å². The lowest BCUT2D eigenvalue weighted by Gasteiger charge is -2.08. The van der Waals surface area contributed by atoms with Crippen molar-refractivity contribution >= 4 is 10.9 Å². The third-order valence-electron chi connectivity index (χ3n) is 3.22. The molecule has 20 heavy (non-hydrogen) atoms. The number of aryl methyl sites for hydroxylation is 1. The van der Waals surface area contributed by atoms with Crippen LogP contribution >= 0.6 is 0 Å². The number of benzene rings is 2. The Labute approximate surface area is 113 Å². The molecule has 3 aromatic rings. The molecule has 0 saturated heterocycles. The number of hydrogen-bond acceptors (Lipinski definition) is 3. The molecular weight excluding hydrogens is 256 g/mol. The maximum Gasteiger partial charge on any atom is 0.333 e. The number of nitrogens with zero attached hydrogens (tertiary/aromatic N) is 1. The monoisotopic (exact) mass is 268 g/mol. The van der Waals surface area contributed by atoms with E-state index in [1.54, 1.807) is 24.3 Å². The van der Waals surface area contributed by atoms with Gasteiger partial charge in [0.2, 0.25) is 0 Å². The number of phenols is 1. The Balaban J connectivity index is 2.46. The fraction of sp³-hybridized carbons (Fsp3) is 0.0667. The minimum Gasteiger partial charge on any atom is -0.508 e. The zero-order valence-electron chi connectivity index (χ0n) is 10.8. The second-order valence-corrected chi connectivity index (χ2v) is 4.59. The van der Waals surface area contributed by atoms with Crippen LogP contribution < -0.4 is 11.2 Å². The molecule has 0 aliphatic carbocycles. The second-order valence-electron chi connectivity index (χ2n) is 4.59. The van der Waals surface area contributed by atoms with Crippen molar-refractivity contribution in [2.24, 2.45) is 0 Å². The number of H-pyrrole nitrogens is 1. The Morgan fingerprint density at radius 1 is 1.10 bits per heavy atom. The van der Waals surface area contributed by atoms with Gasteiger partial charge in [0.1, 0.15) is 5.75 Å². The van der Waals surface area contributed by atoms with Crippen molar-refractivity contribution in [1.29, 1.82) is 0 Å². The number of fused-ring (bicyclic) bond motifs is 1. The van der Waals surface area contributed by atoms with Gasteiger partial charge in [0.25, 0.3) is 5.56 Å². The summed E-state index contributed by atoms with van der Waals surface area (Å²) in [6.45, 7) is 1.81. The number of hydrogen-bond donors (Lipinski definition) is 2. The number of aromatic nitrogens is 2. The lowest BCUT2D eigenvalue weighted by Crippen LogP contribution is -2.33. The molecule has 5 nitrogen and oxygen atoms in total. The van der Waals surface area contributed by atoms with Gasteiger partial charge in [-0.3, -0.25) is 4.79 Å². The van der Waals surface area contributed by atoms with Crippen LogP contribution in [-0.2, 0) is 0 Å².